The molecule has 0 unspecified atom stereocenters. The number of para-hydroxylation sites is 1. The summed E-state index contributed by atoms with van der Waals surface area (Å²) in [6.45, 7) is 1.38. The molecule has 0 saturated heterocycles. The number of nitrogens with zero attached hydrogens (tertiary/aromatic N) is 1. The highest BCUT2D eigenvalue weighted by molar-refractivity contribution is 5.50. The molecule has 0 radical (unpaired) electrons. The Kier molecular flexibility index (Phi) is 4.12. The summed E-state index contributed by atoms with van der Waals surface area (Å²) in [7, 11) is 3.22. The first-order chi connectivity index (χ1) is 8.85. The van der Waals surface area contributed by atoms with Crippen molar-refractivity contribution >= 4 is 0 Å². The molecule has 0 bridgehead atoms. The van der Waals surface area contributed by atoms with Crippen LogP contribution in [0.25, 0.3) is 0 Å². The van der Waals surface area contributed by atoms with Gasteiger partial charge in [-0.25, -0.2) is 0 Å². The molecule has 0 aliphatic heterocycles. The van der Waals surface area contributed by atoms with E-state index < -0.39 is 0 Å². The summed E-state index contributed by atoms with van der Waals surface area (Å²) in [5, 5.41) is 0. The van der Waals surface area contributed by atoms with Crippen LogP contribution in [0.2, 0.25) is 0 Å². The smallest absolute Gasteiger partial charge is 0.203 e. The Balaban J connectivity index is 2.00. The zero-order valence-electron chi connectivity index (χ0n) is 10.6. The zero-order valence-corrected chi connectivity index (χ0v) is 10.6. The van der Waals surface area contributed by atoms with E-state index in [1.807, 2.05) is 42.7 Å². The molecule has 0 amide bonds. The van der Waals surface area contributed by atoms with Crippen molar-refractivity contribution in [2.75, 3.05) is 20.8 Å². The Labute approximate surface area is 107 Å². The Morgan fingerprint density at radius 2 is 1.67 bits per heavy atom. The van der Waals surface area contributed by atoms with Crippen molar-refractivity contribution < 1.29 is 14.2 Å². The Morgan fingerprint density at radius 1 is 0.944 bits per heavy atom. The van der Waals surface area contributed by atoms with E-state index in [2.05, 4.69) is 4.57 Å². The molecule has 1 aromatic heterocycles. The molecular weight excluding hydrogens is 230 g/mol. The van der Waals surface area contributed by atoms with Gasteiger partial charge in [0.25, 0.3) is 0 Å². The van der Waals surface area contributed by atoms with Crippen LogP contribution < -0.4 is 14.2 Å². The van der Waals surface area contributed by atoms with Crippen LogP contribution in [0.15, 0.2) is 42.7 Å². The fourth-order valence-electron chi connectivity index (χ4n) is 1.75. The summed E-state index contributed by atoms with van der Waals surface area (Å²) in [5.74, 6) is 2.01. The van der Waals surface area contributed by atoms with Crippen molar-refractivity contribution in [1.29, 1.82) is 0 Å². The van der Waals surface area contributed by atoms with Gasteiger partial charge >= 0.3 is 0 Å². The molecule has 0 saturated carbocycles. The van der Waals surface area contributed by atoms with Crippen LogP contribution >= 0.6 is 0 Å². The molecule has 2 aromatic rings. The van der Waals surface area contributed by atoms with E-state index in [1.165, 1.54) is 0 Å². The maximum atomic E-state index is 5.72. The minimum Gasteiger partial charge on any atom is -0.493 e. The number of ether oxygens (including phenoxy) is 3. The molecule has 1 aromatic carbocycles. The largest absolute Gasteiger partial charge is 0.493 e. The number of hydrogen-bond acceptors (Lipinski definition) is 3. The molecule has 0 aliphatic carbocycles. The van der Waals surface area contributed by atoms with Crippen LogP contribution in [-0.2, 0) is 6.54 Å². The van der Waals surface area contributed by atoms with E-state index >= 15 is 0 Å². The van der Waals surface area contributed by atoms with Gasteiger partial charge in [-0.05, 0) is 24.3 Å². The molecule has 0 aliphatic rings. The molecule has 96 valence electrons. The van der Waals surface area contributed by atoms with Gasteiger partial charge in [-0.1, -0.05) is 6.07 Å². The minimum absolute atomic E-state index is 0.582. The molecule has 4 heteroatoms. The average molecular weight is 247 g/mol. The van der Waals surface area contributed by atoms with Gasteiger partial charge in [0.15, 0.2) is 11.5 Å². The maximum Gasteiger partial charge on any atom is 0.203 e. The third-order valence-electron chi connectivity index (χ3n) is 2.64. The molecule has 0 atom stereocenters. The third kappa shape index (κ3) is 2.77. The molecule has 18 heavy (non-hydrogen) atoms. The summed E-state index contributed by atoms with van der Waals surface area (Å²) in [5.41, 5.74) is 0. The highest BCUT2D eigenvalue weighted by Crippen LogP contribution is 2.36. The van der Waals surface area contributed by atoms with Gasteiger partial charge in [0.1, 0.15) is 6.61 Å². The van der Waals surface area contributed by atoms with Crippen LogP contribution in [0.3, 0.4) is 0 Å². The second kappa shape index (κ2) is 6.00. The molecule has 0 fully saturated rings. The second-order valence-electron chi connectivity index (χ2n) is 3.76. The van der Waals surface area contributed by atoms with Crippen molar-refractivity contribution in [3.63, 3.8) is 0 Å². The number of aromatic nitrogens is 1. The van der Waals surface area contributed by atoms with Crippen molar-refractivity contribution in [3.05, 3.63) is 42.7 Å². The van der Waals surface area contributed by atoms with Crippen molar-refractivity contribution in [2.24, 2.45) is 0 Å². The first kappa shape index (κ1) is 12.4. The average Bonchev–Trinajstić information content (AvgIpc) is 2.91. The van der Waals surface area contributed by atoms with Gasteiger partial charge < -0.3 is 18.8 Å². The minimum atomic E-state index is 0.582. The van der Waals surface area contributed by atoms with Crippen LogP contribution in [0.1, 0.15) is 0 Å². The van der Waals surface area contributed by atoms with Crippen molar-refractivity contribution in [3.8, 4) is 17.2 Å². The number of rotatable bonds is 6. The molecule has 0 spiro atoms. The number of benzene rings is 1. The van der Waals surface area contributed by atoms with Gasteiger partial charge in [-0.3, -0.25) is 0 Å². The number of methoxy groups -OCH3 is 2. The molecule has 4 nitrogen and oxygen atoms in total. The van der Waals surface area contributed by atoms with E-state index in [0.29, 0.717) is 23.9 Å². The lowest BCUT2D eigenvalue weighted by Crippen LogP contribution is -2.07. The lowest BCUT2D eigenvalue weighted by atomic mass is 10.3. The van der Waals surface area contributed by atoms with Crippen molar-refractivity contribution in [2.45, 2.75) is 6.54 Å². The first-order valence-corrected chi connectivity index (χ1v) is 5.79. The molecule has 0 N–H and O–H groups in total. The van der Waals surface area contributed by atoms with Gasteiger partial charge in [0, 0.05) is 12.4 Å². The van der Waals surface area contributed by atoms with Crippen LogP contribution in [0, 0.1) is 0 Å². The maximum absolute atomic E-state index is 5.72. The van der Waals surface area contributed by atoms with E-state index in [4.69, 9.17) is 14.2 Å². The highest BCUT2D eigenvalue weighted by Gasteiger charge is 2.10. The quantitative estimate of drug-likeness (QED) is 0.786. The molecule has 2 rings (SSSR count). The third-order valence-corrected chi connectivity index (χ3v) is 2.64. The van der Waals surface area contributed by atoms with Crippen molar-refractivity contribution in [1.82, 2.24) is 4.57 Å². The summed E-state index contributed by atoms with van der Waals surface area (Å²) >= 11 is 0. The van der Waals surface area contributed by atoms with Gasteiger partial charge in [0.2, 0.25) is 5.75 Å². The predicted molar refractivity (Wildman–Crippen MR) is 69.5 cm³/mol. The van der Waals surface area contributed by atoms with Crippen LogP contribution in [-0.4, -0.2) is 25.4 Å². The Morgan fingerprint density at radius 3 is 2.33 bits per heavy atom. The van der Waals surface area contributed by atoms with E-state index in [9.17, 15) is 0 Å². The lowest BCUT2D eigenvalue weighted by molar-refractivity contribution is 0.272. The number of hydrogen-bond donors (Lipinski definition) is 0. The van der Waals surface area contributed by atoms with E-state index in [-0.39, 0.29) is 0 Å². The molecular formula is C14H17NO3. The summed E-state index contributed by atoms with van der Waals surface area (Å²) in [6.07, 6.45) is 4.01. The van der Waals surface area contributed by atoms with E-state index in [0.717, 1.165) is 6.54 Å². The van der Waals surface area contributed by atoms with Gasteiger partial charge in [0.05, 0.1) is 20.8 Å². The summed E-state index contributed by atoms with van der Waals surface area (Å²) in [4.78, 5) is 0. The highest BCUT2D eigenvalue weighted by atomic mass is 16.5. The monoisotopic (exact) mass is 247 g/mol. The second-order valence-corrected chi connectivity index (χ2v) is 3.76. The SMILES string of the molecule is COc1cccc(OCCn2cccc2)c1OC. The zero-order chi connectivity index (χ0) is 12.8. The normalized spacial score (nSPS) is 10.1. The fourth-order valence-corrected chi connectivity index (χ4v) is 1.75. The summed E-state index contributed by atoms with van der Waals surface area (Å²) in [6, 6.07) is 9.58. The lowest BCUT2D eigenvalue weighted by Gasteiger charge is -2.13. The Hall–Kier alpha value is -2.10. The Bertz CT molecular complexity index is 480. The van der Waals surface area contributed by atoms with Gasteiger partial charge in [-0.2, -0.15) is 0 Å². The summed E-state index contributed by atoms with van der Waals surface area (Å²) < 4.78 is 18.3. The van der Waals surface area contributed by atoms with Gasteiger partial charge in [-0.15, -0.1) is 0 Å². The van der Waals surface area contributed by atoms with Crippen LogP contribution in [0.4, 0.5) is 0 Å². The topological polar surface area (TPSA) is 32.6 Å². The standard InChI is InChI=1S/C14H17NO3/c1-16-12-6-5-7-13(14(12)17-2)18-11-10-15-8-3-4-9-15/h3-9H,10-11H2,1-2H3. The van der Waals surface area contributed by atoms with Crippen LogP contribution in [0.5, 0.6) is 17.2 Å². The fraction of sp³-hybridized carbons (Fsp3) is 0.286. The first-order valence-electron chi connectivity index (χ1n) is 5.79. The van der Waals surface area contributed by atoms with E-state index in [1.54, 1.807) is 14.2 Å². The predicted octanol–water partition coefficient (Wildman–Crippen LogP) is 2.58. The molecule has 1 heterocycles.